The average Bonchev–Trinajstić information content (AvgIpc) is 3.21. The molecule has 25 heavy (non-hydrogen) atoms. The second-order valence-corrected chi connectivity index (χ2v) is 8.94. The van der Waals surface area contributed by atoms with E-state index in [2.05, 4.69) is 32.0 Å². The van der Waals surface area contributed by atoms with Gasteiger partial charge in [-0.3, -0.25) is 0 Å². The van der Waals surface area contributed by atoms with Gasteiger partial charge < -0.3 is 14.2 Å². The van der Waals surface area contributed by atoms with Gasteiger partial charge in [0.25, 0.3) is 0 Å². The van der Waals surface area contributed by atoms with Gasteiger partial charge in [-0.15, -0.1) is 0 Å². The predicted molar refractivity (Wildman–Crippen MR) is 96.8 cm³/mol. The summed E-state index contributed by atoms with van der Waals surface area (Å²) >= 11 is 0. The van der Waals surface area contributed by atoms with Crippen molar-refractivity contribution in [2.75, 3.05) is 20.3 Å². The lowest BCUT2D eigenvalue weighted by Gasteiger charge is -2.53. The standard InChI is InChI=1S/C22H30O3/c1-14-12-20-19-6-4-15-13-16(23-3)5-7-17(15)18(19)8-9-21(20,2)22(14)24-10-11-25-22/h5,7,13-14,18-20H,4,6,8-12H2,1-3H3/t14?,18?,19?,20?,21-/m0/s1. The minimum absolute atomic E-state index is 0.175. The van der Waals surface area contributed by atoms with Crippen molar-refractivity contribution in [3.05, 3.63) is 29.3 Å². The zero-order chi connectivity index (χ0) is 17.2. The highest BCUT2D eigenvalue weighted by molar-refractivity contribution is 5.41. The van der Waals surface area contributed by atoms with Crippen molar-refractivity contribution in [1.29, 1.82) is 0 Å². The molecule has 3 nitrogen and oxygen atoms in total. The second-order valence-electron chi connectivity index (χ2n) is 8.94. The van der Waals surface area contributed by atoms with Crippen LogP contribution in [0.5, 0.6) is 5.75 Å². The molecule has 0 amide bonds. The van der Waals surface area contributed by atoms with Crippen molar-refractivity contribution in [1.82, 2.24) is 0 Å². The van der Waals surface area contributed by atoms with Crippen molar-refractivity contribution in [3.8, 4) is 5.75 Å². The molecule has 0 bridgehead atoms. The van der Waals surface area contributed by atoms with Gasteiger partial charge in [0.1, 0.15) is 5.75 Å². The van der Waals surface area contributed by atoms with E-state index in [0.29, 0.717) is 11.8 Å². The Kier molecular flexibility index (Phi) is 3.53. The van der Waals surface area contributed by atoms with Gasteiger partial charge >= 0.3 is 0 Å². The first-order chi connectivity index (χ1) is 12.1. The highest BCUT2D eigenvalue weighted by Gasteiger charge is 2.68. The zero-order valence-electron chi connectivity index (χ0n) is 15.7. The van der Waals surface area contributed by atoms with Crippen molar-refractivity contribution in [2.24, 2.45) is 23.2 Å². The van der Waals surface area contributed by atoms with E-state index in [1.807, 2.05) is 0 Å². The largest absolute Gasteiger partial charge is 0.497 e. The van der Waals surface area contributed by atoms with Crippen LogP contribution in [0.2, 0.25) is 0 Å². The molecule has 1 heterocycles. The van der Waals surface area contributed by atoms with Gasteiger partial charge in [0, 0.05) is 11.3 Å². The number of ether oxygens (including phenoxy) is 3. The van der Waals surface area contributed by atoms with E-state index in [9.17, 15) is 0 Å². The first-order valence-electron chi connectivity index (χ1n) is 10.0. The van der Waals surface area contributed by atoms with Crippen molar-refractivity contribution in [3.63, 3.8) is 0 Å². The summed E-state index contributed by atoms with van der Waals surface area (Å²) in [5.74, 6) is 3.38. The van der Waals surface area contributed by atoms with Gasteiger partial charge in [-0.2, -0.15) is 0 Å². The fraction of sp³-hybridized carbons (Fsp3) is 0.727. The van der Waals surface area contributed by atoms with Crippen LogP contribution in [0.4, 0.5) is 0 Å². The molecule has 4 unspecified atom stereocenters. The van der Waals surface area contributed by atoms with Gasteiger partial charge in [-0.05, 0) is 73.1 Å². The molecule has 136 valence electrons. The lowest BCUT2D eigenvalue weighted by atomic mass is 9.55. The summed E-state index contributed by atoms with van der Waals surface area (Å²) in [4.78, 5) is 0. The Balaban J connectivity index is 1.51. The summed E-state index contributed by atoms with van der Waals surface area (Å²) in [5, 5.41) is 0. The molecule has 1 aromatic rings. The van der Waals surface area contributed by atoms with Crippen molar-refractivity contribution < 1.29 is 14.2 Å². The maximum Gasteiger partial charge on any atom is 0.176 e. The maximum atomic E-state index is 6.33. The summed E-state index contributed by atoms with van der Waals surface area (Å²) in [6.07, 6.45) is 6.22. The molecule has 0 radical (unpaired) electrons. The van der Waals surface area contributed by atoms with Gasteiger partial charge in [0.05, 0.1) is 20.3 Å². The molecule has 3 heteroatoms. The molecule has 1 saturated heterocycles. The van der Waals surface area contributed by atoms with Crippen LogP contribution in [0.15, 0.2) is 18.2 Å². The smallest absolute Gasteiger partial charge is 0.176 e. The summed E-state index contributed by atoms with van der Waals surface area (Å²) in [6.45, 7) is 6.35. The molecule has 1 aliphatic heterocycles. The SMILES string of the molecule is COc1ccc2c(c1)CCC1C2CC[C@@]2(C)C1CC(C)C21OCCO1. The van der Waals surface area contributed by atoms with E-state index in [1.54, 1.807) is 12.7 Å². The van der Waals surface area contributed by atoms with E-state index in [1.165, 1.54) is 37.7 Å². The van der Waals surface area contributed by atoms with Crippen LogP contribution in [0.25, 0.3) is 0 Å². The fourth-order valence-corrected chi connectivity index (χ4v) is 7.01. The lowest BCUT2D eigenvalue weighted by molar-refractivity contribution is -0.255. The number of benzene rings is 1. The zero-order valence-corrected chi connectivity index (χ0v) is 15.7. The number of hydrogen-bond donors (Lipinski definition) is 0. The minimum atomic E-state index is -0.317. The Morgan fingerprint density at radius 2 is 1.96 bits per heavy atom. The maximum absolute atomic E-state index is 6.33. The molecule has 5 rings (SSSR count). The normalized spacial score (nSPS) is 41.2. The first-order valence-corrected chi connectivity index (χ1v) is 10.0. The first kappa shape index (κ1) is 16.1. The summed E-state index contributed by atoms with van der Waals surface area (Å²) in [7, 11) is 1.76. The Morgan fingerprint density at radius 3 is 2.72 bits per heavy atom. The van der Waals surface area contributed by atoms with Crippen LogP contribution in [-0.4, -0.2) is 26.1 Å². The van der Waals surface area contributed by atoms with Crippen LogP contribution in [0, 0.1) is 23.2 Å². The second kappa shape index (κ2) is 5.47. The van der Waals surface area contributed by atoms with E-state index in [-0.39, 0.29) is 11.2 Å². The van der Waals surface area contributed by atoms with Crippen LogP contribution < -0.4 is 4.74 Å². The molecule has 2 saturated carbocycles. The van der Waals surface area contributed by atoms with Gasteiger partial charge in [-0.1, -0.05) is 19.9 Å². The third kappa shape index (κ3) is 2.00. The number of hydrogen-bond acceptors (Lipinski definition) is 3. The summed E-state index contributed by atoms with van der Waals surface area (Å²) < 4.78 is 18.1. The Morgan fingerprint density at radius 1 is 1.16 bits per heavy atom. The van der Waals surface area contributed by atoms with E-state index in [4.69, 9.17) is 14.2 Å². The quantitative estimate of drug-likeness (QED) is 0.750. The Bertz CT molecular complexity index is 678. The monoisotopic (exact) mass is 342 g/mol. The number of aryl methyl sites for hydroxylation is 1. The third-order valence-electron chi connectivity index (χ3n) is 8.09. The van der Waals surface area contributed by atoms with Crippen LogP contribution in [-0.2, 0) is 15.9 Å². The van der Waals surface area contributed by atoms with Gasteiger partial charge in [-0.25, -0.2) is 0 Å². The molecule has 5 atom stereocenters. The topological polar surface area (TPSA) is 27.7 Å². The minimum Gasteiger partial charge on any atom is -0.497 e. The van der Waals surface area contributed by atoms with E-state index >= 15 is 0 Å². The van der Waals surface area contributed by atoms with Gasteiger partial charge in [0.15, 0.2) is 5.79 Å². The fourth-order valence-electron chi connectivity index (χ4n) is 7.01. The Labute approximate surface area is 151 Å². The molecule has 4 aliphatic rings. The van der Waals surface area contributed by atoms with Crippen molar-refractivity contribution >= 4 is 0 Å². The molecule has 3 aliphatic carbocycles. The number of methoxy groups -OCH3 is 1. The highest BCUT2D eigenvalue weighted by Crippen LogP contribution is 2.67. The van der Waals surface area contributed by atoms with Crippen LogP contribution in [0.3, 0.4) is 0 Å². The van der Waals surface area contributed by atoms with Gasteiger partial charge in [0.2, 0.25) is 0 Å². The third-order valence-corrected chi connectivity index (χ3v) is 8.09. The summed E-state index contributed by atoms with van der Waals surface area (Å²) in [6, 6.07) is 6.75. The average molecular weight is 342 g/mol. The molecule has 1 spiro atoms. The summed E-state index contributed by atoms with van der Waals surface area (Å²) in [5.41, 5.74) is 3.27. The Hall–Kier alpha value is -1.06. The van der Waals surface area contributed by atoms with Crippen molar-refractivity contribution in [2.45, 2.75) is 57.7 Å². The molecule has 0 aromatic heterocycles. The highest BCUT2D eigenvalue weighted by atomic mass is 16.7. The predicted octanol–water partition coefficient (Wildman–Crippen LogP) is 4.54. The number of rotatable bonds is 1. The van der Waals surface area contributed by atoms with Crippen LogP contribution in [0.1, 0.15) is 56.6 Å². The molecular formula is C22H30O3. The lowest BCUT2D eigenvalue weighted by Crippen LogP contribution is -2.53. The van der Waals surface area contributed by atoms with E-state index < -0.39 is 0 Å². The molecule has 3 fully saturated rings. The van der Waals surface area contributed by atoms with E-state index in [0.717, 1.165) is 30.8 Å². The van der Waals surface area contributed by atoms with Crippen LogP contribution >= 0.6 is 0 Å². The number of fused-ring (bicyclic) bond motifs is 6. The molecular weight excluding hydrogens is 312 g/mol. The molecule has 0 N–H and O–H groups in total. The molecule has 1 aromatic carbocycles.